The highest BCUT2D eigenvalue weighted by atomic mass is 32.2. The van der Waals surface area contributed by atoms with E-state index in [-0.39, 0.29) is 18.4 Å². The minimum atomic E-state index is -3.50. The number of carbonyl (C=O) groups is 1. The molecule has 9 heteroatoms. The molecular formula is C15H19N3O3S3. The topological polar surface area (TPSA) is 79.4 Å². The number of hydrogen-bond donors (Lipinski definition) is 1. The van der Waals surface area contributed by atoms with Crippen LogP contribution in [-0.4, -0.2) is 36.7 Å². The number of nitrogens with zero attached hydrogens (tertiary/aromatic N) is 2. The van der Waals surface area contributed by atoms with Crippen molar-refractivity contribution >= 4 is 43.7 Å². The van der Waals surface area contributed by atoms with Crippen LogP contribution in [0.25, 0.3) is 0 Å². The SMILES string of the molecule is Cc1nc(NC(=O)C2CCCN(S(=O)(=O)c3cccs3)C2)sc1C. The highest BCUT2D eigenvalue weighted by molar-refractivity contribution is 7.91. The smallest absolute Gasteiger partial charge is 0.252 e. The Hall–Kier alpha value is -1.29. The Labute approximate surface area is 149 Å². The average Bonchev–Trinajstić information content (AvgIpc) is 3.19. The zero-order valence-electron chi connectivity index (χ0n) is 13.5. The van der Waals surface area contributed by atoms with Crippen molar-refractivity contribution in [1.29, 1.82) is 0 Å². The van der Waals surface area contributed by atoms with E-state index in [1.165, 1.54) is 27.0 Å². The van der Waals surface area contributed by atoms with E-state index in [1.807, 2.05) is 13.8 Å². The van der Waals surface area contributed by atoms with E-state index in [0.29, 0.717) is 28.7 Å². The molecule has 0 aliphatic carbocycles. The molecule has 0 radical (unpaired) electrons. The van der Waals surface area contributed by atoms with Crippen LogP contribution in [0.4, 0.5) is 5.13 Å². The van der Waals surface area contributed by atoms with Gasteiger partial charge in [-0.2, -0.15) is 4.31 Å². The number of sulfonamides is 1. The van der Waals surface area contributed by atoms with Gasteiger partial charge in [-0.15, -0.1) is 22.7 Å². The van der Waals surface area contributed by atoms with Gasteiger partial charge >= 0.3 is 0 Å². The monoisotopic (exact) mass is 385 g/mol. The van der Waals surface area contributed by atoms with Crippen molar-refractivity contribution in [3.63, 3.8) is 0 Å². The van der Waals surface area contributed by atoms with E-state index in [1.54, 1.807) is 17.5 Å². The first-order valence-electron chi connectivity index (χ1n) is 7.66. The standard InChI is InChI=1S/C15H19N3O3S3/c1-10-11(2)23-15(16-10)17-14(19)12-5-3-7-18(9-12)24(20,21)13-6-4-8-22-13/h4,6,8,12H,3,5,7,9H2,1-2H3,(H,16,17,19). The predicted molar refractivity (Wildman–Crippen MR) is 96.0 cm³/mol. The summed E-state index contributed by atoms with van der Waals surface area (Å²) >= 11 is 2.64. The lowest BCUT2D eigenvalue weighted by Crippen LogP contribution is -2.43. The van der Waals surface area contributed by atoms with Crippen molar-refractivity contribution in [2.24, 2.45) is 5.92 Å². The zero-order valence-corrected chi connectivity index (χ0v) is 15.9. The molecule has 1 aliphatic rings. The number of thiophene rings is 1. The molecule has 0 saturated carbocycles. The quantitative estimate of drug-likeness (QED) is 0.878. The summed E-state index contributed by atoms with van der Waals surface area (Å²) in [7, 11) is -3.50. The van der Waals surface area contributed by atoms with E-state index in [0.717, 1.165) is 10.6 Å². The average molecular weight is 386 g/mol. The Balaban J connectivity index is 1.70. The van der Waals surface area contributed by atoms with Crippen LogP contribution in [0.2, 0.25) is 0 Å². The van der Waals surface area contributed by atoms with Gasteiger partial charge in [-0.3, -0.25) is 4.79 Å². The first-order chi connectivity index (χ1) is 11.4. The predicted octanol–water partition coefficient (Wildman–Crippen LogP) is 2.86. The lowest BCUT2D eigenvalue weighted by Gasteiger charge is -2.30. The molecule has 1 aliphatic heterocycles. The summed E-state index contributed by atoms with van der Waals surface area (Å²) in [5.41, 5.74) is 0.904. The highest BCUT2D eigenvalue weighted by Gasteiger charge is 2.34. The maximum absolute atomic E-state index is 12.6. The molecule has 130 valence electrons. The van der Waals surface area contributed by atoms with Crippen molar-refractivity contribution in [2.75, 3.05) is 18.4 Å². The number of anilines is 1. The van der Waals surface area contributed by atoms with Crippen molar-refractivity contribution in [3.05, 3.63) is 28.1 Å². The highest BCUT2D eigenvalue weighted by Crippen LogP contribution is 2.28. The summed E-state index contributed by atoms with van der Waals surface area (Å²) in [4.78, 5) is 17.9. The number of hydrogen-bond acceptors (Lipinski definition) is 6. The lowest BCUT2D eigenvalue weighted by molar-refractivity contribution is -0.120. The van der Waals surface area contributed by atoms with Crippen LogP contribution in [-0.2, 0) is 14.8 Å². The van der Waals surface area contributed by atoms with Crippen LogP contribution in [0.15, 0.2) is 21.7 Å². The number of carbonyl (C=O) groups excluding carboxylic acids is 1. The minimum absolute atomic E-state index is 0.158. The van der Waals surface area contributed by atoms with Crippen LogP contribution in [0.1, 0.15) is 23.4 Å². The molecule has 1 saturated heterocycles. The van der Waals surface area contributed by atoms with E-state index in [4.69, 9.17) is 0 Å². The molecule has 1 N–H and O–H groups in total. The second-order valence-corrected chi connectivity index (χ2v) is 10.1. The molecule has 0 spiro atoms. The van der Waals surface area contributed by atoms with Gasteiger partial charge in [0.05, 0.1) is 11.6 Å². The third kappa shape index (κ3) is 3.53. The number of aryl methyl sites for hydroxylation is 2. The van der Waals surface area contributed by atoms with Gasteiger partial charge in [0.25, 0.3) is 10.0 Å². The molecule has 0 bridgehead atoms. The van der Waals surface area contributed by atoms with Gasteiger partial charge in [0.2, 0.25) is 5.91 Å². The third-order valence-electron chi connectivity index (χ3n) is 4.10. The minimum Gasteiger partial charge on any atom is -0.302 e. The summed E-state index contributed by atoms with van der Waals surface area (Å²) in [5, 5.41) is 5.15. The molecule has 2 aromatic rings. The van der Waals surface area contributed by atoms with Crippen molar-refractivity contribution < 1.29 is 13.2 Å². The molecule has 0 aromatic carbocycles. The molecule has 3 rings (SSSR count). The Bertz CT molecular complexity index is 808. The van der Waals surface area contributed by atoms with Crippen molar-refractivity contribution in [2.45, 2.75) is 30.9 Å². The summed E-state index contributed by atoms with van der Waals surface area (Å²) in [6.07, 6.45) is 1.37. The number of rotatable bonds is 4. The number of piperidine rings is 1. The van der Waals surface area contributed by atoms with E-state index in [2.05, 4.69) is 10.3 Å². The second kappa shape index (κ2) is 6.91. The van der Waals surface area contributed by atoms with Gasteiger partial charge < -0.3 is 5.32 Å². The van der Waals surface area contributed by atoms with Gasteiger partial charge in [-0.05, 0) is 38.1 Å². The fourth-order valence-corrected chi connectivity index (χ4v) is 6.13. The number of amides is 1. The molecule has 1 atom stereocenters. The Kier molecular flexibility index (Phi) is 5.05. The van der Waals surface area contributed by atoms with E-state index < -0.39 is 10.0 Å². The molecular weight excluding hydrogens is 366 g/mol. The summed E-state index contributed by atoms with van der Waals surface area (Å²) in [6, 6.07) is 3.32. The number of aromatic nitrogens is 1. The zero-order chi connectivity index (χ0) is 17.3. The number of nitrogens with one attached hydrogen (secondary N) is 1. The van der Waals surface area contributed by atoms with Crippen LogP contribution < -0.4 is 5.32 Å². The van der Waals surface area contributed by atoms with Gasteiger partial charge in [-0.25, -0.2) is 13.4 Å². The van der Waals surface area contributed by atoms with Gasteiger partial charge in [0, 0.05) is 18.0 Å². The third-order valence-corrected chi connectivity index (χ3v) is 8.33. The first-order valence-corrected chi connectivity index (χ1v) is 10.8. The van der Waals surface area contributed by atoms with Crippen molar-refractivity contribution in [1.82, 2.24) is 9.29 Å². The first kappa shape index (κ1) is 17.5. The molecule has 24 heavy (non-hydrogen) atoms. The summed E-state index contributed by atoms with van der Waals surface area (Å²) in [5.74, 6) is -0.507. The maximum Gasteiger partial charge on any atom is 0.252 e. The fourth-order valence-electron chi connectivity index (χ4n) is 2.65. The number of thiazole rings is 1. The summed E-state index contributed by atoms with van der Waals surface area (Å²) < 4.78 is 27.0. The normalized spacial score (nSPS) is 19.3. The van der Waals surface area contributed by atoms with Crippen molar-refractivity contribution in [3.8, 4) is 0 Å². The van der Waals surface area contributed by atoms with Gasteiger partial charge in [-0.1, -0.05) is 6.07 Å². The lowest BCUT2D eigenvalue weighted by atomic mass is 9.99. The molecule has 6 nitrogen and oxygen atoms in total. The second-order valence-electron chi connectivity index (χ2n) is 5.78. The summed E-state index contributed by atoms with van der Waals surface area (Å²) in [6.45, 7) is 4.53. The molecule has 2 aromatic heterocycles. The van der Waals surface area contributed by atoms with E-state index >= 15 is 0 Å². The Morgan fingerprint density at radius 1 is 1.42 bits per heavy atom. The molecule has 1 amide bonds. The molecule has 1 fully saturated rings. The Morgan fingerprint density at radius 3 is 2.83 bits per heavy atom. The van der Waals surface area contributed by atoms with Crippen LogP contribution in [0.3, 0.4) is 0 Å². The Morgan fingerprint density at radius 2 is 2.21 bits per heavy atom. The van der Waals surface area contributed by atoms with Gasteiger partial charge in [0.15, 0.2) is 5.13 Å². The van der Waals surface area contributed by atoms with E-state index in [9.17, 15) is 13.2 Å². The maximum atomic E-state index is 12.6. The largest absolute Gasteiger partial charge is 0.302 e. The molecule has 1 unspecified atom stereocenters. The van der Waals surface area contributed by atoms with Gasteiger partial charge in [0.1, 0.15) is 4.21 Å². The van der Waals surface area contributed by atoms with Crippen LogP contribution in [0, 0.1) is 19.8 Å². The van der Waals surface area contributed by atoms with Crippen LogP contribution >= 0.6 is 22.7 Å². The van der Waals surface area contributed by atoms with Crippen LogP contribution in [0.5, 0.6) is 0 Å². The molecule has 3 heterocycles. The fraction of sp³-hybridized carbons (Fsp3) is 0.467.